The molecule has 0 saturated carbocycles. The molecule has 0 aromatic heterocycles. The Kier molecular flexibility index (Phi) is 4.47. The lowest BCUT2D eigenvalue weighted by Gasteiger charge is -2.23. The normalized spacial score (nSPS) is 18.2. The summed E-state index contributed by atoms with van der Waals surface area (Å²) in [6, 6.07) is 6.90. The van der Waals surface area contributed by atoms with Crippen LogP contribution in [0.3, 0.4) is 0 Å². The van der Waals surface area contributed by atoms with Crippen molar-refractivity contribution >= 4 is 23.3 Å². The second-order valence-corrected chi connectivity index (χ2v) is 4.85. The number of para-hydroxylation sites is 1. The molecule has 106 valence electrons. The average Bonchev–Trinajstić information content (AvgIpc) is 2.38. The third-order valence-corrected chi connectivity index (χ3v) is 3.20. The topological polar surface area (TPSA) is 79.7 Å². The van der Waals surface area contributed by atoms with E-state index in [0.29, 0.717) is 24.3 Å². The van der Waals surface area contributed by atoms with E-state index >= 15 is 0 Å². The minimum absolute atomic E-state index is 0.0387. The number of hydrogen-bond acceptors (Lipinski definition) is 3. The quantitative estimate of drug-likeness (QED) is 0.607. The number of carbonyl (C=O) groups excluding carboxylic acids is 3. The first-order valence-electron chi connectivity index (χ1n) is 6.56. The highest BCUT2D eigenvalue weighted by Gasteiger charge is 2.22. The Bertz CT molecular complexity index is 542. The van der Waals surface area contributed by atoms with Gasteiger partial charge in [0.05, 0.1) is 18.8 Å². The molecule has 20 heavy (non-hydrogen) atoms. The summed E-state index contributed by atoms with van der Waals surface area (Å²) in [6.45, 7) is 3.31. The fraction of sp³-hybridized carbons (Fsp3) is 0.357. The lowest BCUT2D eigenvalue weighted by Crippen LogP contribution is -3.16. The highest BCUT2D eigenvalue weighted by molar-refractivity contribution is 6.03. The number of piperazine rings is 1. The second-order valence-electron chi connectivity index (χ2n) is 4.85. The maximum Gasteiger partial charge on any atom is 0.279 e. The summed E-state index contributed by atoms with van der Waals surface area (Å²) in [6.07, 6.45) is 0. The van der Waals surface area contributed by atoms with Crippen LogP contribution in [-0.2, 0) is 9.59 Å². The van der Waals surface area contributed by atoms with Gasteiger partial charge in [0.2, 0.25) is 0 Å². The molecule has 0 bridgehead atoms. The van der Waals surface area contributed by atoms with Crippen molar-refractivity contribution in [2.24, 2.45) is 0 Å². The molecule has 1 aromatic rings. The van der Waals surface area contributed by atoms with E-state index in [4.69, 9.17) is 0 Å². The first kappa shape index (κ1) is 14.2. The molecule has 0 radical (unpaired) electrons. The van der Waals surface area contributed by atoms with E-state index in [0.717, 1.165) is 11.4 Å². The van der Waals surface area contributed by atoms with Crippen LogP contribution in [0.5, 0.6) is 0 Å². The summed E-state index contributed by atoms with van der Waals surface area (Å²) in [5, 5.41) is 5.46. The lowest BCUT2D eigenvalue weighted by molar-refractivity contribution is -0.885. The molecular formula is C14H18N3O3+. The van der Waals surface area contributed by atoms with E-state index in [2.05, 4.69) is 10.6 Å². The van der Waals surface area contributed by atoms with Gasteiger partial charge < -0.3 is 15.5 Å². The molecule has 2 rings (SSSR count). The fourth-order valence-electron chi connectivity index (χ4n) is 2.23. The summed E-state index contributed by atoms with van der Waals surface area (Å²) < 4.78 is 0. The fourth-order valence-corrected chi connectivity index (χ4v) is 2.23. The third kappa shape index (κ3) is 3.64. The Balaban J connectivity index is 1.98. The van der Waals surface area contributed by atoms with Crippen LogP contribution < -0.4 is 15.5 Å². The van der Waals surface area contributed by atoms with Crippen molar-refractivity contribution in [1.29, 1.82) is 0 Å². The minimum atomic E-state index is -0.191. The SMILES string of the molecule is CC(=O)c1ccccc1NC(=O)C[NH+]1CCNC(=O)C1. The van der Waals surface area contributed by atoms with Gasteiger partial charge in [0.25, 0.3) is 11.8 Å². The lowest BCUT2D eigenvalue weighted by atomic mass is 10.1. The molecule has 1 saturated heterocycles. The van der Waals surface area contributed by atoms with Crippen LogP contribution in [0.25, 0.3) is 0 Å². The van der Waals surface area contributed by atoms with E-state index in [-0.39, 0.29) is 24.1 Å². The maximum atomic E-state index is 12.0. The summed E-state index contributed by atoms with van der Waals surface area (Å²) >= 11 is 0. The van der Waals surface area contributed by atoms with E-state index in [1.807, 2.05) is 0 Å². The third-order valence-electron chi connectivity index (χ3n) is 3.20. The molecule has 1 aliphatic rings. The molecule has 1 unspecified atom stereocenters. The van der Waals surface area contributed by atoms with Crippen molar-refractivity contribution in [2.75, 3.05) is 31.5 Å². The predicted octanol–water partition coefficient (Wildman–Crippen LogP) is -1.16. The summed E-state index contributed by atoms with van der Waals surface area (Å²) in [5.74, 6) is -0.322. The van der Waals surface area contributed by atoms with Gasteiger partial charge in [0.15, 0.2) is 18.9 Å². The Morgan fingerprint density at radius 1 is 1.35 bits per heavy atom. The molecule has 2 amide bonds. The smallest absolute Gasteiger partial charge is 0.279 e. The zero-order chi connectivity index (χ0) is 14.5. The van der Waals surface area contributed by atoms with Crippen LogP contribution in [-0.4, -0.2) is 43.8 Å². The molecule has 0 aliphatic carbocycles. The number of ketones is 1. The van der Waals surface area contributed by atoms with Crippen molar-refractivity contribution in [1.82, 2.24) is 5.32 Å². The van der Waals surface area contributed by atoms with Crippen LogP contribution in [0, 0.1) is 0 Å². The highest BCUT2D eigenvalue weighted by Crippen LogP contribution is 2.14. The molecule has 1 aromatic carbocycles. The van der Waals surface area contributed by atoms with Gasteiger partial charge in [0.1, 0.15) is 0 Å². The van der Waals surface area contributed by atoms with Gasteiger partial charge in [-0.1, -0.05) is 12.1 Å². The Labute approximate surface area is 117 Å². The highest BCUT2D eigenvalue weighted by atomic mass is 16.2. The van der Waals surface area contributed by atoms with Crippen molar-refractivity contribution in [2.45, 2.75) is 6.92 Å². The molecule has 6 heteroatoms. The first-order valence-corrected chi connectivity index (χ1v) is 6.56. The minimum Gasteiger partial charge on any atom is -0.346 e. The number of anilines is 1. The first-order chi connectivity index (χ1) is 9.56. The van der Waals surface area contributed by atoms with Gasteiger partial charge in [0, 0.05) is 5.56 Å². The molecule has 0 spiro atoms. The van der Waals surface area contributed by atoms with Crippen LogP contribution >= 0.6 is 0 Å². The van der Waals surface area contributed by atoms with Gasteiger partial charge >= 0.3 is 0 Å². The molecule has 1 heterocycles. The van der Waals surface area contributed by atoms with E-state index < -0.39 is 0 Å². The van der Waals surface area contributed by atoms with E-state index in [1.165, 1.54) is 6.92 Å². The van der Waals surface area contributed by atoms with Gasteiger partial charge in [-0.05, 0) is 19.1 Å². The molecule has 1 aliphatic heterocycles. The Hall–Kier alpha value is -2.21. The largest absolute Gasteiger partial charge is 0.346 e. The standard InChI is InChI=1S/C14H17N3O3/c1-10(18)11-4-2-3-5-12(11)16-14(20)9-17-7-6-15-13(19)8-17/h2-5H,6-9H2,1H3,(H,15,19)(H,16,20)/p+1. The number of hydrogen-bond donors (Lipinski definition) is 3. The van der Waals surface area contributed by atoms with Crippen molar-refractivity contribution in [3.63, 3.8) is 0 Å². The molecule has 1 fully saturated rings. The number of quaternary nitrogens is 1. The van der Waals surface area contributed by atoms with Crippen molar-refractivity contribution in [3.05, 3.63) is 29.8 Å². The van der Waals surface area contributed by atoms with Crippen LogP contribution in [0.2, 0.25) is 0 Å². The average molecular weight is 276 g/mol. The second kappa shape index (κ2) is 6.29. The number of rotatable bonds is 4. The van der Waals surface area contributed by atoms with Gasteiger partial charge in [-0.2, -0.15) is 0 Å². The number of carbonyl (C=O) groups is 3. The Morgan fingerprint density at radius 3 is 2.80 bits per heavy atom. The van der Waals surface area contributed by atoms with Crippen molar-refractivity contribution < 1.29 is 19.3 Å². The van der Waals surface area contributed by atoms with Crippen LogP contribution in [0.15, 0.2) is 24.3 Å². The predicted molar refractivity (Wildman–Crippen MR) is 73.6 cm³/mol. The Morgan fingerprint density at radius 2 is 2.10 bits per heavy atom. The molecule has 6 nitrogen and oxygen atoms in total. The van der Waals surface area contributed by atoms with Gasteiger partial charge in [-0.15, -0.1) is 0 Å². The summed E-state index contributed by atoms with van der Waals surface area (Å²) in [7, 11) is 0. The number of amides is 2. The number of benzene rings is 1. The zero-order valence-corrected chi connectivity index (χ0v) is 11.4. The molecular weight excluding hydrogens is 258 g/mol. The van der Waals surface area contributed by atoms with Gasteiger partial charge in [-0.3, -0.25) is 14.4 Å². The van der Waals surface area contributed by atoms with Crippen molar-refractivity contribution in [3.8, 4) is 0 Å². The van der Waals surface area contributed by atoms with Gasteiger partial charge in [-0.25, -0.2) is 0 Å². The monoisotopic (exact) mass is 276 g/mol. The number of Topliss-reactive ketones (excluding diaryl/α,β-unsaturated/α-hetero) is 1. The van der Waals surface area contributed by atoms with E-state index in [1.54, 1.807) is 24.3 Å². The van der Waals surface area contributed by atoms with Crippen LogP contribution in [0.1, 0.15) is 17.3 Å². The summed E-state index contributed by atoms with van der Waals surface area (Å²) in [4.78, 5) is 35.6. The maximum absolute atomic E-state index is 12.0. The summed E-state index contributed by atoms with van der Waals surface area (Å²) in [5.41, 5.74) is 1.01. The number of nitrogens with one attached hydrogen (secondary N) is 3. The van der Waals surface area contributed by atoms with Crippen LogP contribution in [0.4, 0.5) is 5.69 Å². The molecule has 3 N–H and O–H groups in total. The van der Waals surface area contributed by atoms with E-state index in [9.17, 15) is 14.4 Å². The zero-order valence-electron chi connectivity index (χ0n) is 11.4. The molecule has 1 atom stereocenters.